The Kier molecular flexibility index (Phi) is 3.57. The van der Waals surface area contributed by atoms with E-state index in [1.165, 1.54) is 10.6 Å². The Balaban J connectivity index is 1.56. The van der Waals surface area contributed by atoms with Gasteiger partial charge in [-0.1, -0.05) is 0 Å². The number of carbonyl (C=O) groups is 1. The molecule has 0 radical (unpaired) electrons. The highest BCUT2D eigenvalue weighted by Gasteiger charge is 2.26. The van der Waals surface area contributed by atoms with Crippen LogP contribution in [0.5, 0.6) is 11.5 Å². The van der Waals surface area contributed by atoms with Gasteiger partial charge in [-0.25, -0.2) is 8.42 Å². The van der Waals surface area contributed by atoms with Gasteiger partial charge in [0, 0.05) is 23.9 Å². The third kappa shape index (κ3) is 2.89. The van der Waals surface area contributed by atoms with Crippen LogP contribution in [0.25, 0.3) is 0 Å². The quantitative estimate of drug-likeness (QED) is 0.905. The number of anilines is 2. The minimum atomic E-state index is -3.30. The fraction of sp³-hybridized carbons (Fsp3) is 0.235. The number of ether oxygens (including phenoxy) is 2. The zero-order valence-corrected chi connectivity index (χ0v) is 14.3. The van der Waals surface area contributed by atoms with Gasteiger partial charge >= 0.3 is 0 Å². The number of rotatable bonds is 3. The van der Waals surface area contributed by atoms with Crippen LogP contribution >= 0.6 is 0 Å². The van der Waals surface area contributed by atoms with Gasteiger partial charge in [0.25, 0.3) is 5.91 Å². The Morgan fingerprint density at radius 1 is 1.12 bits per heavy atom. The smallest absolute Gasteiger partial charge is 0.255 e. The fourth-order valence-electron chi connectivity index (χ4n) is 3.03. The van der Waals surface area contributed by atoms with Crippen molar-refractivity contribution in [2.24, 2.45) is 0 Å². The summed E-state index contributed by atoms with van der Waals surface area (Å²) in [6.07, 6.45) is 1.77. The van der Waals surface area contributed by atoms with Crippen LogP contribution in [0.4, 0.5) is 11.4 Å². The molecular weight excluding hydrogens is 344 g/mol. The van der Waals surface area contributed by atoms with Crippen molar-refractivity contribution in [3.8, 4) is 11.5 Å². The number of fused-ring (bicyclic) bond motifs is 2. The first kappa shape index (κ1) is 15.8. The number of amides is 1. The van der Waals surface area contributed by atoms with Crippen molar-refractivity contribution in [1.29, 1.82) is 0 Å². The number of hydrogen-bond acceptors (Lipinski definition) is 5. The van der Waals surface area contributed by atoms with Crippen molar-refractivity contribution in [1.82, 2.24) is 0 Å². The van der Waals surface area contributed by atoms with Crippen molar-refractivity contribution >= 4 is 27.3 Å². The minimum absolute atomic E-state index is 0.175. The third-order valence-corrected chi connectivity index (χ3v) is 5.41. The van der Waals surface area contributed by atoms with Gasteiger partial charge in [-0.05, 0) is 42.3 Å². The van der Waals surface area contributed by atoms with Crippen LogP contribution in [0.2, 0.25) is 0 Å². The molecule has 8 heteroatoms. The van der Waals surface area contributed by atoms with E-state index in [-0.39, 0.29) is 12.7 Å². The molecule has 1 amide bonds. The minimum Gasteiger partial charge on any atom is -0.454 e. The second kappa shape index (κ2) is 5.66. The van der Waals surface area contributed by atoms with Crippen LogP contribution < -0.4 is 19.1 Å². The highest BCUT2D eigenvalue weighted by Crippen LogP contribution is 2.35. The molecule has 130 valence electrons. The molecular formula is C17H16N2O5S. The Labute approximate surface area is 145 Å². The molecule has 4 rings (SSSR count). The lowest BCUT2D eigenvalue weighted by Gasteiger charge is -2.16. The van der Waals surface area contributed by atoms with E-state index < -0.39 is 10.0 Å². The lowest BCUT2D eigenvalue weighted by molar-refractivity contribution is 0.102. The van der Waals surface area contributed by atoms with E-state index in [4.69, 9.17) is 9.47 Å². The van der Waals surface area contributed by atoms with Crippen LogP contribution in [0.3, 0.4) is 0 Å². The molecule has 0 aromatic heterocycles. The molecule has 2 aromatic carbocycles. The van der Waals surface area contributed by atoms with Gasteiger partial charge in [-0.15, -0.1) is 0 Å². The van der Waals surface area contributed by atoms with E-state index in [0.29, 0.717) is 41.4 Å². The van der Waals surface area contributed by atoms with E-state index in [1.54, 1.807) is 36.4 Å². The van der Waals surface area contributed by atoms with Crippen molar-refractivity contribution in [3.63, 3.8) is 0 Å². The van der Waals surface area contributed by atoms with E-state index >= 15 is 0 Å². The summed E-state index contributed by atoms with van der Waals surface area (Å²) in [6.45, 7) is 0.579. The number of nitrogens with zero attached hydrogens (tertiary/aromatic N) is 1. The van der Waals surface area contributed by atoms with E-state index in [0.717, 1.165) is 5.56 Å². The summed E-state index contributed by atoms with van der Waals surface area (Å²) in [4.78, 5) is 12.5. The average molecular weight is 360 g/mol. The van der Waals surface area contributed by atoms with Gasteiger partial charge in [0.2, 0.25) is 16.8 Å². The van der Waals surface area contributed by atoms with E-state index in [9.17, 15) is 13.2 Å². The first-order chi connectivity index (χ1) is 11.9. The Hall–Kier alpha value is -2.74. The summed E-state index contributed by atoms with van der Waals surface area (Å²) in [7, 11) is -3.30. The lowest BCUT2D eigenvalue weighted by Crippen LogP contribution is -2.27. The topological polar surface area (TPSA) is 84.9 Å². The molecule has 0 aliphatic carbocycles. The molecule has 25 heavy (non-hydrogen) atoms. The molecule has 2 aliphatic heterocycles. The Morgan fingerprint density at radius 2 is 1.92 bits per heavy atom. The molecule has 0 fully saturated rings. The van der Waals surface area contributed by atoms with Crippen molar-refractivity contribution in [3.05, 3.63) is 47.5 Å². The predicted molar refractivity (Wildman–Crippen MR) is 92.9 cm³/mol. The normalized spacial score (nSPS) is 15.2. The summed E-state index contributed by atoms with van der Waals surface area (Å²) in [5.41, 5.74) is 2.57. The third-order valence-electron chi connectivity index (χ3n) is 4.23. The van der Waals surface area contributed by atoms with Gasteiger partial charge < -0.3 is 14.8 Å². The second-order valence-electron chi connectivity index (χ2n) is 5.95. The monoisotopic (exact) mass is 360 g/mol. The van der Waals surface area contributed by atoms with Crippen LogP contribution in [-0.2, 0) is 16.4 Å². The molecule has 2 aromatic rings. The zero-order valence-electron chi connectivity index (χ0n) is 13.5. The molecule has 1 N–H and O–H groups in total. The molecule has 7 nitrogen and oxygen atoms in total. The standard InChI is InChI=1S/C17H16N2O5S/c1-25(21,22)19-7-6-11-8-12(2-4-14(11)19)17(20)18-13-3-5-15-16(9-13)24-10-23-15/h2-5,8-9H,6-7,10H2,1H3,(H,18,20). The summed E-state index contributed by atoms with van der Waals surface area (Å²) >= 11 is 0. The summed E-state index contributed by atoms with van der Waals surface area (Å²) in [6, 6.07) is 10.2. The van der Waals surface area contributed by atoms with Gasteiger partial charge in [0.05, 0.1) is 11.9 Å². The molecule has 0 bridgehead atoms. The number of nitrogens with one attached hydrogen (secondary N) is 1. The predicted octanol–water partition coefficient (Wildman–Crippen LogP) is 1.99. The maximum Gasteiger partial charge on any atom is 0.255 e. The zero-order chi connectivity index (χ0) is 17.6. The summed E-state index contributed by atoms with van der Waals surface area (Å²) in [5.74, 6) is 0.978. The van der Waals surface area contributed by atoms with Crippen molar-refractivity contribution in [2.75, 3.05) is 29.2 Å². The summed E-state index contributed by atoms with van der Waals surface area (Å²) in [5, 5.41) is 2.81. The molecule has 0 saturated heterocycles. The van der Waals surface area contributed by atoms with Crippen LogP contribution in [0, 0.1) is 0 Å². The highest BCUT2D eigenvalue weighted by molar-refractivity contribution is 7.92. The number of sulfonamides is 1. The van der Waals surface area contributed by atoms with Crippen LogP contribution in [-0.4, -0.2) is 33.9 Å². The maximum atomic E-state index is 12.5. The number of carbonyl (C=O) groups excluding carboxylic acids is 1. The largest absolute Gasteiger partial charge is 0.454 e. The number of benzene rings is 2. The SMILES string of the molecule is CS(=O)(=O)N1CCc2cc(C(=O)Nc3ccc4c(c3)OCO4)ccc21. The molecule has 0 saturated carbocycles. The molecule has 2 aliphatic rings. The highest BCUT2D eigenvalue weighted by atomic mass is 32.2. The molecule has 2 heterocycles. The molecule has 0 atom stereocenters. The Morgan fingerprint density at radius 3 is 2.72 bits per heavy atom. The first-order valence-electron chi connectivity index (χ1n) is 7.73. The average Bonchev–Trinajstić information content (AvgIpc) is 3.19. The van der Waals surface area contributed by atoms with Gasteiger partial charge in [0.15, 0.2) is 11.5 Å². The maximum absolute atomic E-state index is 12.5. The second-order valence-corrected chi connectivity index (χ2v) is 7.86. The van der Waals surface area contributed by atoms with E-state index in [2.05, 4.69) is 5.32 Å². The van der Waals surface area contributed by atoms with Gasteiger partial charge in [-0.2, -0.15) is 0 Å². The summed E-state index contributed by atoms with van der Waals surface area (Å²) < 4.78 is 35.4. The molecule has 0 unspecified atom stereocenters. The van der Waals surface area contributed by atoms with E-state index in [1.807, 2.05) is 0 Å². The van der Waals surface area contributed by atoms with Crippen LogP contribution in [0.15, 0.2) is 36.4 Å². The van der Waals surface area contributed by atoms with Crippen LogP contribution in [0.1, 0.15) is 15.9 Å². The van der Waals surface area contributed by atoms with Crippen molar-refractivity contribution in [2.45, 2.75) is 6.42 Å². The number of hydrogen-bond donors (Lipinski definition) is 1. The fourth-order valence-corrected chi connectivity index (χ4v) is 3.99. The Bertz CT molecular complexity index is 971. The lowest BCUT2D eigenvalue weighted by atomic mass is 10.1. The van der Waals surface area contributed by atoms with Crippen molar-refractivity contribution < 1.29 is 22.7 Å². The molecule has 0 spiro atoms. The van der Waals surface area contributed by atoms with Gasteiger partial charge in [-0.3, -0.25) is 9.10 Å². The first-order valence-corrected chi connectivity index (χ1v) is 9.58. The van der Waals surface area contributed by atoms with Gasteiger partial charge in [0.1, 0.15) is 0 Å².